The van der Waals surface area contributed by atoms with Crippen LogP contribution in [-0.4, -0.2) is 20.3 Å². The van der Waals surface area contributed by atoms with Crippen molar-refractivity contribution in [3.63, 3.8) is 0 Å². The smallest absolute Gasteiger partial charge is 0.0982 e. The molecule has 2 saturated carbocycles. The van der Waals surface area contributed by atoms with E-state index in [1.54, 1.807) is 12.7 Å². The molecule has 2 aliphatic carbocycles. The molecule has 134 valence electrons. The molecule has 0 heterocycles. The number of allylic oxidation sites excluding steroid dienone is 2. The van der Waals surface area contributed by atoms with Crippen LogP contribution in [0.3, 0.4) is 0 Å². The fraction of sp³-hybridized carbons (Fsp3) is 0.905. The van der Waals surface area contributed by atoms with Crippen LogP contribution in [0.1, 0.15) is 90.4 Å². The van der Waals surface area contributed by atoms with Crippen LogP contribution in [0.25, 0.3) is 0 Å². The Bertz CT molecular complexity index is 334. The Morgan fingerprint density at radius 2 is 1.65 bits per heavy atom. The van der Waals surface area contributed by atoms with Crippen molar-refractivity contribution in [2.45, 2.75) is 90.4 Å². The maximum atomic E-state index is 6.34. The number of unbranched alkanes of at least 4 members (excludes halogenated alkanes) is 3. The van der Waals surface area contributed by atoms with Crippen molar-refractivity contribution in [3.8, 4) is 0 Å². The first-order valence-corrected chi connectivity index (χ1v) is 10.2. The average Bonchev–Trinajstić information content (AvgIpc) is 2.52. The lowest BCUT2D eigenvalue weighted by molar-refractivity contribution is 0.135. The molecule has 0 aromatic rings. The van der Waals surface area contributed by atoms with Gasteiger partial charge in [-0.15, -0.1) is 0 Å². The highest BCUT2D eigenvalue weighted by Gasteiger charge is 2.28. The molecule has 2 rings (SSSR count). The maximum Gasteiger partial charge on any atom is 0.0982 e. The fourth-order valence-electron chi connectivity index (χ4n) is 4.11. The second-order valence-electron chi connectivity index (χ2n) is 7.58. The molecule has 2 fully saturated rings. The molecule has 0 saturated heterocycles. The van der Waals surface area contributed by atoms with Crippen molar-refractivity contribution < 1.29 is 9.47 Å². The molecule has 2 aliphatic rings. The van der Waals surface area contributed by atoms with Gasteiger partial charge in [0, 0.05) is 19.6 Å². The third-order valence-electron chi connectivity index (χ3n) is 5.72. The van der Waals surface area contributed by atoms with E-state index in [9.17, 15) is 0 Å². The molecule has 0 spiro atoms. The van der Waals surface area contributed by atoms with Crippen LogP contribution in [0, 0.1) is 11.8 Å². The summed E-state index contributed by atoms with van der Waals surface area (Å²) in [4.78, 5) is 0. The molecule has 0 aromatic heterocycles. The van der Waals surface area contributed by atoms with Gasteiger partial charge in [0.2, 0.25) is 0 Å². The molecule has 0 bridgehead atoms. The van der Waals surface area contributed by atoms with Crippen LogP contribution in [0.5, 0.6) is 0 Å². The molecule has 0 aromatic carbocycles. The van der Waals surface area contributed by atoms with Gasteiger partial charge in [0.15, 0.2) is 0 Å². The van der Waals surface area contributed by atoms with Crippen molar-refractivity contribution in [2.24, 2.45) is 11.8 Å². The molecule has 0 amide bonds. The van der Waals surface area contributed by atoms with Crippen LogP contribution < -0.4 is 0 Å². The second kappa shape index (κ2) is 11.1. The number of rotatable bonds is 11. The topological polar surface area (TPSA) is 18.5 Å². The Morgan fingerprint density at radius 3 is 2.22 bits per heavy atom. The van der Waals surface area contributed by atoms with Gasteiger partial charge in [-0.3, -0.25) is 0 Å². The lowest BCUT2D eigenvalue weighted by Gasteiger charge is -2.33. The molecule has 2 nitrogen and oxygen atoms in total. The van der Waals surface area contributed by atoms with Crippen molar-refractivity contribution >= 4 is 0 Å². The average molecular weight is 323 g/mol. The van der Waals surface area contributed by atoms with E-state index in [-0.39, 0.29) is 0 Å². The summed E-state index contributed by atoms with van der Waals surface area (Å²) in [5.41, 5.74) is 1.66. The summed E-state index contributed by atoms with van der Waals surface area (Å²) < 4.78 is 11.4. The van der Waals surface area contributed by atoms with Gasteiger partial charge < -0.3 is 9.47 Å². The van der Waals surface area contributed by atoms with Crippen LogP contribution in [0.2, 0.25) is 0 Å². The minimum absolute atomic E-state index is 0.742. The van der Waals surface area contributed by atoms with Crippen LogP contribution in [-0.2, 0) is 9.47 Å². The Kier molecular flexibility index (Phi) is 9.11. The van der Waals surface area contributed by atoms with Gasteiger partial charge in [0.25, 0.3) is 0 Å². The summed E-state index contributed by atoms with van der Waals surface area (Å²) in [6.07, 6.45) is 17.3. The summed E-state index contributed by atoms with van der Waals surface area (Å²) in [6.45, 7) is 4.15. The van der Waals surface area contributed by atoms with E-state index in [1.165, 1.54) is 89.2 Å². The van der Waals surface area contributed by atoms with Gasteiger partial charge in [-0.1, -0.05) is 26.2 Å². The predicted octanol–water partition coefficient (Wildman–Crippen LogP) is 6.25. The molecular formula is C21H38O2. The summed E-state index contributed by atoms with van der Waals surface area (Å²) in [5.74, 6) is 3.17. The van der Waals surface area contributed by atoms with Gasteiger partial charge >= 0.3 is 0 Å². The van der Waals surface area contributed by atoms with E-state index in [1.807, 2.05) is 0 Å². The van der Waals surface area contributed by atoms with E-state index in [0.717, 1.165) is 25.0 Å². The molecule has 0 aliphatic heterocycles. The Hall–Kier alpha value is -0.500. The minimum Gasteiger partial charge on any atom is -0.498 e. The van der Waals surface area contributed by atoms with Gasteiger partial charge in [-0.25, -0.2) is 0 Å². The highest BCUT2D eigenvalue weighted by Crippen LogP contribution is 2.40. The van der Waals surface area contributed by atoms with Gasteiger partial charge in [0.1, 0.15) is 0 Å². The Morgan fingerprint density at radius 1 is 0.957 bits per heavy atom. The zero-order valence-electron chi connectivity index (χ0n) is 15.6. The number of hydrogen-bond acceptors (Lipinski definition) is 2. The third kappa shape index (κ3) is 6.49. The first-order chi connectivity index (χ1) is 11.3. The largest absolute Gasteiger partial charge is 0.498 e. The number of methoxy groups -OCH3 is 1. The van der Waals surface area contributed by atoms with E-state index in [2.05, 4.69) is 6.92 Å². The molecule has 2 heteroatoms. The molecule has 23 heavy (non-hydrogen) atoms. The number of ether oxygens (including phenoxy) is 2. The van der Waals surface area contributed by atoms with Crippen LogP contribution in [0.15, 0.2) is 11.3 Å². The highest BCUT2D eigenvalue weighted by molar-refractivity contribution is 5.18. The highest BCUT2D eigenvalue weighted by atomic mass is 16.5. The zero-order valence-corrected chi connectivity index (χ0v) is 15.6. The summed E-state index contributed by atoms with van der Waals surface area (Å²) >= 11 is 0. The molecule has 0 radical (unpaired) electrons. The molecule has 0 atom stereocenters. The summed E-state index contributed by atoms with van der Waals surface area (Å²) in [7, 11) is 1.79. The van der Waals surface area contributed by atoms with E-state index in [0.29, 0.717) is 0 Å². The monoisotopic (exact) mass is 322 g/mol. The second-order valence-corrected chi connectivity index (χ2v) is 7.58. The van der Waals surface area contributed by atoms with E-state index < -0.39 is 0 Å². The van der Waals surface area contributed by atoms with Gasteiger partial charge in [-0.2, -0.15) is 0 Å². The van der Waals surface area contributed by atoms with Crippen molar-refractivity contribution in [1.29, 1.82) is 0 Å². The normalized spacial score (nSPS) is 24.3. The first kappa shape index (κ1) is 18.8. The summed E-state index contributed by atoms with van der Waals surface area (Å²) in [6, 6.07) is 0. The standard InChI is InChI=1S/C21H38O2/c1-3-9-18-12-14-20(15-13-18)21(19-10-8-11-19)23-17-7-5-4-6-16-22-2/h18,20H,3-17H2,1-2H3. The molecule has 0 N–H and O–H groups in total. The Labute approximate surface area is 144 Å². The molecule has 0 unspecified atom stereocenters. The lowest BCUT2D eigenvalue weighted by Crippen LogP contribution is -2.20. The van der Waals surface area contributed by atoms with Gasteiger partial charge in [-0.05, 0) is 75.7 Å². The Balaban J connectivity index is 1.70. The van der Waals surface area contributed by atoms with Crippen molar-refractivity contribution in [1.82, 2.24) is 0 Å². The lowest BCUT2D eigenvalue weighted by atomic mass is 9.76. The SMILES string of the molecule is CCCC1CCC(C(OCCCCCCOC)=C2CCC2)CC1. The quantitative estimate of drug-likeness (QED) is 0.330. The molecular weight excluding hydrogens is 284 g/mol. The van der Waals surface area contributed by atoms with Crippen molar-refractivity contribution in [3.05, 3.63) is 11.3 Å². The minimum atomic E-state index is 0.742. The zero-order chi connectivity index (χ0) is 16.3. The van der Waals surface area contributed by atoms with Gasteiger partial charge in [0.05, 0.1) is 12.4 Å². The first-order valence-electron chi connectivity index (χ1n) is 10.2. The maximum absolute atomic E-state index is 6.34. The number of hydrogen-bond donors (Lipinski definition) is 0. The van der Waals surface area contributed by atoms with E-state index in [4.69, 9.17) is 9.47 Å². The van der Waals surface area contributed by atoms with E-state index >= 15 is 0 Å². The van der Waals surface area contributed by atoms with Crippen LogP contribution in [0.4, 0.5) is 0 Å². The third-order valence-corrected chi connectivity index (χ3v) is 5.72. The summed E-state index contributed by atoms with van der Waals surface area (Å²) in [5, 5.41) is 0. The predicted molar refractivity (Wildman–Crippen MR) is 97.5 cm³/mol. The fourth-order valence-corrected chi connectivity index (χ4v) is 4.11. The van der Waals surface area contributed by atoms with Crippen LogP contribution >= 0.6 is 0 Å². The van der Waals surface area contributed by atoms with Crippen molar-refractivity contribution in [2.75, 3.05) is 20.3 Å².